The Balaban J connectivity index is 2.55. The first kappa shape index (κ1) is 8.53. The molecule has 0 atom stereocenters. The maximum atomic E-state index is 11.3. The lowest BCUT2D eigenvalue weighted by Crippen LogP contribution is -2.46. The van der Waals surface area contributed by atoms with Gasteiger partial charge in [0.2, 0.25) is 5.91 Å². The highest BCUT2D eigenvalue weighted by Crippen LogP contribution is 2.20. The first-order valence-corrected chi connectivity index (χ1v) is 3.97. The van der Waals surface area contributed by atoms with Gasteiger partial charge in [0.1, 0.15) is 6.73 Å². The molecule has 1 heterocycles. The summed E-state index contributed by atoms with van der Waals surface area (Å²) >= 11 is 0. The number of hydrogen-bond donors (Lipinski definition) is 0. The number of amides is 1. The maximum absolute atomic E-state index is 11.3. The standard InChI is InChI=1S/C8H15NO2/c1-4-9-6-11-8(2,3)5-7(9)10/h4-6H2,1-3H3. The van der Waals surface area contributed by atoms with Crippen LogP contribution in [0.25, 0.3) is 0 Å². The molecule has 1 fully saturated rings. The Labute approximate surface area is 67.3 Å². The van der Waals surface area contributed by atoms with E-state index >= 15 is 0 Å². The largest absolute Gasteiger partial charge is 0.355 e. The van der Waals surface area contributed by atoms with Crippen molar-refractivity contribution in [3.05, 3.63) is 0 Å². The van der Waals surface area contributed by atoms with Crippen molar-refractivity contribution in [3.8, 4) is 0 Å². The molecule has 0 aromatic rings. The van der Waals surface area contributed by atoms with E-state index in [0.29, 0.717) is 13.2 Å². The van der Waals surface area contributed by atoms with Crippen LogP contribution in [0.4, 0.5) is 0 Å². The van der Waals surface area contributed by atoms with Gasteiger partial charge in [0.25, 0.3) is 0 Å². The number of ether oxygens (including phenoxy) is 1. The lowest BCUT2D eigenvalue weighted by Gasteiger charge is -2.35. The second-order valence-electron chi connectivity index (χ2n) is 3.46. The van der Waals surface area contributed by atoms with Crippen LogP contribution < -0.4 is 0 Å². The molecule has 3 nitrogen and oxygen atoms in total. The van der Waals surface area contributed by atoms with Crippen molar-refractivity contribution in [3.63, 3.8) is 0 Å². The van der Waals surface area contributed by atoms with Crippen molar-refractivity contribution < 1.29 is 9.53 Å². The number of hydrogen-bond acceptors (Lipinski definition) is 2. The lowest BCUT2D eigenvalue weighted by atomic mass is 10.0. The van der Waals surface area contributed by atoms with Crippen molar-refractivity contribution in [1.29, 1.82) is 0 Å². The van der Waals surface area contributed by atoms with E-state index < -0.39 is 0 Å². The molecule has 0 radical (unpaired) electrons. The number of carbonyl (C=O) groups is 1. The van der Waals surface area contributed by atoms with Crippen LogP contribution in [0.2, 0.25) is 0 Å². The van der Waals surface area contributed by atoms with Gasteiger partial charge in [-0.1, -0.05) is 0 Å². The van der Waals surface area contributed by atoms with Gasteiger partial charge in [-0.05, 0) is 20.8 Å². The van der Waals surface area contributed by atoms with Gasteiger partial charge >= 0.3 is 0 Å². The average molecular weight is 157 g/mol. The van der Waals surface area contributed by atoms with Crippen molar-refractivity contribution in [2.75, 3.05) is 13.3 Å². The van der Waals surface area contributed by atoms with Crippen molar-refractivity contribution >= 4 is 5.91 Å². The third-order valence-corrected chi connectivity index (χ3v) is 1.92. The quantitative estimate of drug-likeness (QED) is 0.568. The van der Waals surface area contributed by atoms with Gasteiger partial charge in [-0.25, -0.2) is 0 Å². The van der Waals surface area contributed by atoms with Crippen LogP contribution in [0.3, 0.4) is 0 Å². The Morgan fingerprint density at radius 3 is 2.73 bits per heavy atom. The van der Waals surface area contributed by atoms with Crippen LogP contribution in [-0.2, 0) is 9.53 Å². The van der Waals surface area contributed by atoms with Crippen LogP contribution in [0.1, 0.15) is 27.2 Å². The number of carbonyl (C=O) groups excluding carboxylic acids is 1. The van der Waals surface area contributed by atoms with E-state index in [2.05, 4.69) is 0 Å². The third kappa shape index (κ3) is 1.93. The van der Waals surface area contributed by atoms with Gasteiger partial charge in [0.05, 0.1) is 12.0 Å². The molecule has 1 aliphatic heterocycles. The molecule has 64 valence electrons. The minimum atomic E-state index is -0.261. The fourth-order valence-corrected chi connectivity index (χ4v) is 1.12. The molecule has 1 rings (SSSR count). The topological polar surface area (TPSA) is 29.5 Å². The maximum Gasteiger partial charge on any atom is 0.227 e. The summed E-state index contributed by atoms with van der Waals surface area (Å²) in [4.78, 5) is 13.0. The van der Waals surface area contributed by atoms with E-state index in [1.54, 1.807) is 4.90 Å². The van der Waals surface area contributed by atoms with Crippen LogP contribution in [-0.4, -0.2) is 29.7 Å². The van der Waals surface area contributed by atoms with Gasteiger partial charge < -0.3 is 9.64 Å². The predicted molar refractivity (Wildman–Crippen MR) is 42.0 cm³/mol. The van der Waals surface area contributed by atoms with Crippen LogP contribution in [0.5, 0.6) is 0 Å². The second-order valence-corrected chi connectivity index (χ2v) is 3.46. The molecule has 0 unspecified atom stereocenters. The molecule has 1 amide bonds. The summed E-state index contributed by atoms with van der Waals surface area (Å²) < 4.78 is 5.44. The molecule has 11 heavy (non-hydrogen) atoms. The Kier molecular flexibility index (Phi) is 2.18. The third-order valence-electron chi connectivity index (χ3n) is 1.92. The van der Waals surface area contributed by atoms with Crippen molar-refractivity contribution in [1.82, 2.24) is 4.90 Å². The highest BCUT2D eigenvalue weighted by atomic mass is 16.5. The van der Waals surface area contributed by atoms with Gasteiger partial charge in [-0.2, -0.15) is 0 Å². The molecular weight excluding hydrogens is 142 g/mol. The van der Waals surface area contributed by atoms with Crippen LogP contribution in [0, 0.1) is 0 Å². The van der Waals surface area contributed by atoms with E-state index in [-0.39, 0.29) is 11.5 Å². The Bertz CT molecular complexity index is 165. The molecule has 0 aromatic carbocycles. The second kappa shape index (κ2) is 2.81. The zero-order chi connectivity index (χ0) is 8.48. The van der Waals surface area contributed by atoms with E-state index in [4.69, 9.17) is 4.74 Å². The number of nitrogens with zero attached hydrogens (tertiary/aromatic N) is 1. The zero-order valence-corrected chi connectivity index (χ0v) is 7.39. The van der Waals surface area contributed by atoms with E-state index in [9.17, 15) is 4.79 Å². The Hall–Kier alpha value is -0.570. The average Bonchev–Trinajstić information content (AvgIpc) is 1.86. The summed E-state index contributed by atoms with van der Waals surface area (Å²) in [5.74, 6) is 0.198. The minimum absolute atomic E-state index is 0.198. The molecule has 1 saturated heterocycles. The first-order chi connectivity index (χ1) is 5.05. The lowest BCUT2D eigenvalue weighted by molar-refractivity contribution is -0.165. The SMILES string of the molecule is CCN1COC(C)(C)CC1=O. The summed E-state index contributed by atoms with van der Waals surface area (Å²) in [6.07, 6.45) is 0.501. The smallest absolute Gasteiger partial charge is 0.227 e. The number of rotatable bonds is 1. The molecular formula is C8H15NO2. The summed E-state index contributed by atoms with van der Waals surface area (Å²) in [6.45, 7) is 7.03. The Morgan fingerprint density at radius 1 is 1.64 bits per heavy atom. The van der Waals surface area contributed by atoms with Crippen molar-refractivity contribution in [2.45, 2.75) is 32.8 Å². The molecule has 1 aliphatic rings. The molecule has 0 aliphatic carbocycles. The highest BCUT2D eigenvalue weighted by molar-refractivity contribution is 5.77. The fraction of sp³-hybridized carbons (Fsp3) is 0.875. The molecule has 0 N–H and O–H groups in total. The first-order valence-electron chi connectivity index (χ1n) is 3.97. The fourth-order valence-electron chi connectivity index (χ4n) is 1.12. The van der Waals surface area contributed by atoms with Gasteiger partial charge in [-0.15, -0.1) is 0 Å². The van der Waals surface area contributed by atoms with E-state index in [1.807, 2.05) is 20.8 Å². The van der Waals surface area contributed by atoms with E-state index in [1.165, 1.54) is 0 Å². The van der Waals surface area contributed by atoms with Crippen molar-refractivity contribution in [2.24, 2.45) is 0 Å². The molecule has 0 spiro atoms. The molecule has 0 saturated carbocycles. The summed E-state index contributed by atoms with van der Waals surface area (Å²) in [5.41, 5.74) is -0.261. The van der Waals surface area contributed by atoms with Crippen LogP contribution >= 0.6 is 0 Å². The molecule has 0 aromatic heterocycles. The van der Waals surface area contributed by atoms with Crippen LogP contribution in [0.15, 0.2) is 0 Å². The predicted octanol–water partition coefficient (Wildman–Crippen LogP) is 0.991. The summed E-state index contributed by atoms with van der Waals surface area (Å²) in [5, 5.41) is 0. The Morgan fingerprint density at radius 2 is 2.27 bits per heavy atom. The van der Waals surface area contributed by atoms with Gasteiger partial charge in [0.15, 0.2) is 0 Å². The van der Waals surface area contributed by atoms with Gasteiger partial charge in [0, 0.05) is 6.54 Å². The summed E-state index contributed by atoms with van der Waals surface area (Å²) in [7, 11) is 0. The molecule has 0 bridgehead atoms. The van der Waals surface area contributed by atoms with Gasteiger partial charge in [-0.3, -0.25) is 4.79 Å². The monoisotopic (exact) mass is 157 g/mol. The summed E-state index contributed by atoms with van der Waals surface area (Å²) in [6, 6.07) is 0. The zero-order valence-electron chi connectivity index (χ0n) is 7.39. The van der Waals surface area contributed by atoms with E-state index in [0.717, 1.165) is 6.54 Å². The minimum Gasteiger partial charge on any atom is -0.355 e. The molecule has 3 heteroatoms. The highest BCUT2D eigenvalue weighted by Gasteiger charge is 2.30. The normalized spacial score (nSPS) is 23.9.